The summed E-state index contributed by atoms with van der Waals surface area (Å²) in [6.45, 7) is 5.50. The van der Waals surface area contributed by atoms with E-state index in [1.807, 2.05) is 39.0 Å². The van der Waals surface area contributed by atoms with Crippen LogP contribution in [-0.4, -0.2) is 16.3 Å². The molecular weight excluding hydrogens is 293 g/mol. The number of hydrogen-bond acceptors (Lipinski definition) is 2. The Morgan fingerprint density at radius 1 is 0.957 bits per heavy atom. The fraction of sp³-hybridized carbons (Fsp3) is 0.211. The van der Waals surface area contributed by atoms with Gasteiger partial charge in [-0.05, 0) is 50.1 Å². The number of aromatic nitrogens is 1. The molecule has 118 valence electrons. The van der Waals surface area contributed by atoms with Gasteiger partial charge in [-0.1, -0.05) is 24.3 Å². The second kappa shape index (κ2) is 5.54. The lowest BCUT2D eigenvalue weighted by molar-refractivity contribution is 0.0538. The Morgan fingerprint density at radius 2 is 1.57 bits per heavy atom. The van der Waals surface area contributed by atoms with Crippen molar-refractivity contribution in [2.75, 3.05) is 0 Å². The topological polar surface area (TPSA) is 31.2 Å². The zero-order valence-electron chi connectivity index (χ0n) is 13.3. The minimum absolute atomic E-state index is 0.258. The van der Waals surface area contributed by atoms with E-state index in [2.05, 4.69) is 0 Å². The summed E-state index contributed by atoms with van der Waals surface area (Å²) >= 11 is 0. The maximum absolute atomic E-state index is 13.0. The lowest BCUT2D eigenvalue weighted by Gasteiger charge is -2.19. The molecule has 3 nitrogen and oxygen atoms in total. The van der Waals surface area contributed by atoms with Gasteiger partial charge in [-0.15, -0.1) is 0 Å². The van der Waals surface area contributed by atoms with E-state index < -0.39 is 11.7 Å². The quantitative estimate of drug-likeness (QED) is 0.616. The number of carbonyl (C=O) groups excluding carboxylic acids is 1. The minimum atomic E-state index is -0.535. The van der Waals surface area contributed by atoms with Gasteiger partial charge in [-0.3, -0.25) is 4.57 Å². The largest absolute Gasteiger partial charge is 0.443 e. The van der Waals surface area contributed by atoms with Gasteiger partial charge in [0.05, 0.1) is 0 Å². The standard InChI is InChI=1S/C19H18FNO2/c1-19(2,3)23-18(22)21-11-15-5-4-14(10-16(15)12-21)13-6-8-17(20)9-7-13/h4-12H,1-3H3. The number of carbonyl (C=O) groups is 1. The minimum Gasteiger partial charge on any atom is -0.443 e. The third-order valence-electron chi connectivity index (χ3n) is 3.42. The summed E-state index contributed by atoms with van der Waals surface area (Å²) in [5, 5.41) is 1.87. The van der Waals surface area contributed by atoms with Gasteiger partial charge in [0.15, 0.2) is 0 Å². The third-order valence-corrected chi connectivity index (χ3v) is 3.42. The molecule has 1 aromatic heterocycles. The number of rotatable bonds is 1. The summed E-state index contributed by atoms with van der Waals surface area (Å²) < 4.78 is 19.8. The van der Waals surface area contributed by atoms with Crippen LogP contribution in [0.25, 0.3) is 21.9 Å². The van der Waals surface area contributed by atoms with Crippen LogP contribution in [0, 0.1) is 5.82 Å². The van der Waals surface area contributed by atoms with Crippen molar-refractivity contribution < 1.29 is 13.9 Å². The van der Waals surface area contributed by atoms with Gasteiger partial charge in [-0.2, -0.15) is 0 Å². The molecule has 0 unspecified atom stereocenters. The Kier molecular flexibility index (Phi) is 3.68. The number of ether oxygens (including phenoxy) is 1. The monoisotopic (exact) mass is 311 g/mol. The molecule has 23 heavy (non-hydrogen) atoms. The highest BCUT2D eigenvalue weighted by Gasteiger charge is 2.18. The third kappa shape index (κ3) is 3.42. The summed E-state index contributed by atoms with van der Waals surface area (Å²) in [4.78, 5) is 12.1. The molecule has 0 atom stereocenters. The van der Waals surface area contributed by atoms with Crippen LogP contribution in [0.4, 0.5) is 9.18 Å². The Labute approximate surface area is 134 Å². The Bertz CT molecular complexity index is 857. The van der Waals surface area contributed by atoms with E-state index in [0.29, 0.717) is 0 Å². The fourth-order valence-corrected chi connectivity index (χ4v) is 2.38. The van der Waals surface area contributed by atoms with E-state index in [4.69, 9.17) is 4.74 Å². The van der Waals surface area contributed by atoms with Crippen LogP contribution in [0.15, 0.2) is 54.9 Å². The van der Waals surface area contributed by atoms with E-state index >= 15 is 0 Å². The average molecular weight is 311 g/mol. The molecule has 0 amide bonds. The summed E-state index contributed by atoms with van der Waals surface area (Å²) in [7, 11) is 0. The first kappa shape index (κ1) is 15.3. The number of nitrogens with zero attached hydrogens (tertiary/aromatic N) is 1. The number of halogens is 1. The summed E-state index contributed by atoms with van der Waals surface area (Å²) in [6.07, 6.45) is 3.09. The second-order valence-corrected chi connectivity index (χ2v) is 6.50. The van der Waals surface area contributed by atoms with Crippen LogP contribution in [-0.2, 0) is 4.74 Å². The van der Waals surface area contributed by atoms with Gasteiger partial charge >= 0.3 is 6.09 Å². The molecule has 3 rings (SSSR count). The van der Waals surface area contributed by atoms with Crippen molar-refractivity contribution in [3.05, 3.63) is 60.7 Å². The van der Waals surface area contributed by atoms with Crippen LogP contribution in [0.3, 0.4) is 0 Å². The number of fused-ring (bicyclic) bond motifs is 1. The summed E-state index contributed by atoms with van der Waals surface area (Å²) in [6, 6.07) is 12.2. The van der Waals surface area contributed by atoms with Crippen molar-refractivity contribution in [3.63, 3.8) is 0 Å². The van der Waals surface area contributed by atoms with Crippen molar-refractivity contribution in [1.82, 2.24) is 4.57 Å². The maximum Gasteiger partial charge on any atom is 0.418 e. The molecule has 0 N–H and O–H groups in total. The molecule has 0 aliphatic rings. The van der Waals surface area contributed by atoms with Crippen molar-refractivity contribution >= 4 is 16.9 Å². The molecule has 0 spiro atoms. The Morgan fingerprint density at radius 3 is 2.22 bits per heavy atom. The van der Waals surface area contributed by atoms with Gasteiger partial charge in [0.2, 0.25) is 0 Å². The Balaban J connectivity index is 1.95. The molecule has 2 aromatic carbocycles. The van der Waals surface area contributed by atoms with Crippen LogP contribution < -0.4 is 0 Å². The molecule has 0 fully saturated rings. The van der Waals surface area contributed by atoms with Crippen molar-refractivity contribution in [2.24, 2.45) is 0 Å². The molecule has 0 aliphatic heterocycles. The fourth-order valence-electron chi connectivity index (χ4n) is 2.38. The molecule has 1 heterocycles. The van der Waals surface area contributed by atoms with E-state index in [1.54, 1.807) is 24.5 Å². The predicted octanol–water partition coefficient (Wildman–Crippen LogP) is 5.23. The molecular formula is C19H18FNO2. The molecule has 3 aromatic rings. The lowest BCUT2D eigenvalue weighted by atomic mass is 10.0. The molecule has 4 heteroatoms. The van der Waals surface area contributed by atoms with Gasteiger partial charge in [-0.25, -0.2) is 9.18 Å². The molecule has 0 radical (unpaired) electrons. The van der Waals surface area contributed by atoms with E-state index in [0.717, 1.165) is 21.9 Å². The SMILES string of the molecule is CC(C)(C)OC(=O)n1cc2ccc(-c3ccc(F)cc3)cc2c1. The maximum atomic E-state index is 13.0. The zero-order chi connectivity index (χ0) is 16.6. The predicted molar refractivity (Wildman–Crippen MR) is 89.0 cm³/mol. The first-order valence-corrected chi connectivity index (χ1v) is 7.43. The van der Waals surface area contributed by atoms with Crippen LogP contribution in [0.2, 0.25) is 0 Å². The van der Waals surface area contributed by atoms with Crippen LogP contribution in [0.5, 0.6) is 0 Å². The number of benzene rings is 2. The van der Waals surface area contributed by atoms with Crippen LogP contribution in [0.1, 0.15) is 20.8 Å². The Hall–Kier alpha value is -2.62. The van der Waals surface area contributed by atoms with Crippen molar-refractivity contribution in [1.29, 1.82) is 0 Å². The first-order chi connectivity index (χ1) is 10.8. The highest BCUT2D eigenvalue weighted by atomic mass is 19.1. The highest BCUT2D eigenvalue weighted by Crippen LogP contribution is 2.25. The van der Waals surface area contributed by atoms with Crippen molar-refractivity contribution in [3.8, 4) is 11.1 Å². The van der Waals surface area contributed by atoms with Gasteiger partial charge in [0.1, 0.15) is 11.4 Å². The van der Waals surface area contributed by atoms with E-state index in [-0.39, 0.29) is 5.82 Å². The lowest BCUT2D eigenvalue weighted by Crippen LogP contribution is -2.26. The summed E-state index contributed by atoms with van der Waals surface area (Å²) in [5.74, 6) is -0.258. The summed E-state index contributed by atoms with van der Waals surface area (Å²) in [5.41, 5.74) is 1.37. The van der Waals surface area contributed by atoms with Gasteiger partial charge in [0, 0.05) is 23.2 Å². The highest BCUT2D eigenvalue weighted by molar-refractivity contribution is 5.90. The first-order valence-electron chi connectivity index (χ1n) is 7.43. The molecule has 0 saturated heterocycles. The number of hydrogen-bond donors (Lipinski definition) is 0. The molecule has 0 aliphatic carbocycles. The van der Waals surface area contributed by atoms with E-state index in [9.17, 15) is 9.18 Å². The van der Waals surface area contributed by atoms with Crippen LogP contribution >= 0.6 is 0 Å². The average Bonchev–Trinajstić information content (AvgIpc) is 2.89. The smallest absolute Gasteiger partial charge is 0.418 e. The second-order valence-electron chi connectivity index (χ2n) is 6.50. The van der Waals surface area contributed by atoms with Gasteiger partial charge < -0.3 is 4.74 Å². The van der Waals surface area contributed by atoms with Crippen molar-refractivity contribution in [2.45, 2.75) is 26.4 Å². The molecule has 0 saturated carbocycles. The zero-order valence-corrected chi connectivity index (χ0v) is 13.3. The normalized spacial score (nSPS) is 11.7. The van der Waals surface area contributed by atoms with Gasteiger partial charge in [0.25, 0.3) is 0 Å². The molecule has 0 bridgehead atoms. The van der Waals surface area contributed by atoms with E-state index in [1.165, 1.54) is 16.7 Å².